The summed E-state index contributed by atoms with van der Waals surface area (Å²) in [4.78, 5) is 26.4. The summed E-state index contributed by atoms with van der Waals surface area (Å²) in [6.45, 7) is 2.87. The normalized spacial score (nSPS) is 16.1. The second-order valence-electron chi connectivity index (χ2n) is 4.79. The fourth-order valence-electron chi connectivity index (χ4n) is 2.23. The van der Waals surface area contributed by atoms with E-state index in [2.05, 4.69) is 0 Å². The molecule has 1 saturated heterocycles. The number of nitrogens with zero attached hydrogens (tertiary/aromatic N) is 2. The zero-order valence-corrected chi connectivity index (χ0v) is 11.1. The van der Waals surface area contributed by atoms with Crippen molar-refractivity contribution in [1.29, 1.82) is 0 Å². The van der Waals surface area contributed by atoms with Crippen LogP contribution in [0.1, 0.15) is 16.8 Å². The maximum atomic E-state index is 13.1. The van der Waals surface area contributed by atoms with Crippen molar-refractivity contribution in [1.82, 2.24) is 9.80 Å². The number of carboxylic acids is 1. The van der Waals surface area contributed by atoms with Crippen LogP contribution in [0.5, 0.6) is 0 Å². The van der Waals surface area contributed by atoms with Crippen molar-refractivity contribution in [2.24, 2.45) is 0 Å². The maximum Gasteiger partial charge on any atom is 0.304 e. The van der Waals surface area contributed by atoms with Crippen LogP contribution >= 0.6 is 0 Å². The molecule has 0 radical (unpaired) electrons. The first kappa shape index (κ1) is 14.5. The molecule has 1 aromatic rings. The number of rotatable bonds is 4. The standard InChI is InChI=1S/C14H17FN2O3/c15-12-3-1-2-11(10-12)14(20)17-8-6-16(7-9-17)5-4-13(18)19/h1-3,10H,4-9H2,(H,18,19). The molecule has 6 heteroatoms. The molecular formula is C14H17FN2O3. The molecule has 0 bridgehead atoms. The molecule has 1 fully saturated rings. The number of halogens is 1. The first-order valence-corrected chi connectivity index (χ1v) is 6.55. The Hall–Kier alpha value is -1.95. The van der Waals surface area contributed by atoms with Gasteiger partial charge in [0.15, 0.2) is 0 Å². The molecular weight excluding hydrogens is 263 g/mol. The largest absolute Gasteiger partial charge is 0.481 e. The minimum absolute atomic E-state index is 0.109. The van der Waals surface area contributed by atoms with E-state index in [0.29, 0.717) is 38.3 Å². The molecule has 0 aliphatic carbocycles. The number of carbonyl (C=O) groups is 2. The summed E-state index contributed by atoms with van der Waals surface area (Å²) >= 11 is 0. The molecule has 0 atom stereocenters. The monoisotopic (exact) mass is 280 g/mol. The van der Waals surface area contributed by atoms with Crippen LogP contribution in [-0.2, 0) is 4.79 Å². The van der Waals surface area contributed by atoms with Gasteiger partial charge in [-0.05, 0) is 18.2 Å². The topological polar surface area (TPSA) is 60.9 Å². The molecule has 1 amide bonds. The first-order valence-electron chi connectivity index (χ1n) is 6.55. The van der Waals surface area contributed by atoms with Gasteiger partial charge < -0.3 is 10.0 Å². The molecule has 1 aliphatic rings. The van der Waals surface area contributed by atoms with Gasteiger partial charge in [-0.2, -0.15) is 0 Å². The molecule has 0 unspecified atom stereocenters. The lowest BCUT2D eigenvalue weighted by atomic mass is 10.1. The maximum absolute atomic E-state index is 13.1. The van der Waals surface area contributed by atoms with Crippen LogP contribution in [0.15, 0.2) is 24.3 Å². The Morgan fingerprint density at radius 1 is 1.20 bits per heavy atom. The zero-order chi connectivity index (χ0) is 14.5. The summed E-state index contributed by atoms with van der Waals surface area (Å²) in [6, 6.07) is 5.66. The highest BCUT2D eigenvalue weighted by atomic mass is 19.1. The third-order valence-corrected chi connectivity index (χ3v) is 3.37. The Kier molecular flexibility index (Phi) is 4.68. The molecule has 1 N–H and O–H groups in total. The summed E-state index contributed by atoms with van der Waals surface area (Å²) in [5.74, 6) is -1.42. The summed E-state index contributed by atoms with van der Waals surface area (Å²) in [5.41, 5.74) is 0.351. The molecule has 1 aliphatic heterocycles. The van der Waals surface area contributed by atoms with Crippen LogP contribution in [0, 0.1) is 5.82 Å². The van der Waals surface area contributed by atoms with Gasteiger partial charge in [-0.1, -0.05) is 6.07 Å². The number of amides is 1. The fourth-order valence-corrected chi connectivity index (χ4v) is 2.23. The highest BCUT2D eigenvalue weighted by molar-refractivity contribution is 5.94. The van der Waals surface area contributed by atoms with Gasteiger partial charge >= 0.3 is 5.97 Å². The predicted molar refractivity (Wildman–Crippen MR) is 71.0 cm³/mol. The van der Waals surface area contributed by atoms with Crippen molar-refractivity contribution >= 4 is 11.9 Å². The number of carbonyl (C=O) groups excluding carboxylic acids is 1. The van der Waals surface area contributed by atoms with Gasteiger partial charge in [0.1, 0.15) is 5.82 Å². The molecule has 2 rings (SSSR count). The Labute approximate surface area is 116 Å². The number of carboxylic acid groups (broad SMARTS) is 1. The van der Waals surface area contributed by atoms with E-state index < -0.39 is 11.8 Å². The van der Waals surface area contributed by atoms with Gasteiger partial charge in [0.05, 0.1) is 6.42 Å². The quantitative estimate of drug-likeness (QED) is 0.896. The zero-order valence-electron chi connectivity index (χ0n) is 11.1. The van der Waals surface area contributed by atoms with Crippen LogP contribution in [0.2, 0.25) is 0 Å². The van der Waals surface area contributed by atoms with E-state index in [0.717, 1.165) is 0 Å². The van der Waals surface area contributed by atoms with Crippen molar-refractivity contribution in [3.05, 3.63) is 35.6 Å². The highest BCUT2D eigenvalue weighted by Crippen LogP contribution is 2.10. The van der Waals surface area contributed by atoms with E-state index in [9.17, 15) is 14.0 Å². The molecule has 108 valence electrons. The number of piperazine rings is 1. The lowest BCUT2D eigenvalue weighted by molar-refractivity contribution is -0.137. The summed E-state index contributed by atoms with van der Waals surface area (Å²) in [7, 11) is 0. The Balaban J connectivity index is 1.87. The van der Waals surface area contributed by atoms with E-state index in [1.807, 2.05) is 4.90 Å². The smallest absolute Gasteiger partial charge is 0.304 e. The minimum atomic E-state index is -0.816. The summed E-state index contributed by atoms with van der Waals surface area (Å²) in [5, 5.41) is 8.63. The number of aliphatic carboxylic acids is 1. The molecule has 20 heavy (non-hydrogen) atoms. The fraction of sp³-hybridized carbons (Fsp3) is 0.429. The summed E-state index contributed by atoms with van der Waals surface area (Å²) < 4.78 is 13.1. The van der Waals surface area contributed by atoms with Gasteiger partial charge in [0.25, 0.3) is 5.91 Å². The van der Waals surface area contributed by atoms with Gasteiger partial charge in [0.2, 0.25) is 0 Å². The molecule has 0 spiro atoms. The Bertz CT molecular complexity index is 499. The van der Waals surface area contributed by atoms with Crippen molar-refractivity contribution in [3.8, 4) is 0 Å². The van der Waals surface area contributed by atoms with E-state index in [1.165, 1.54) is 18.2 Å². The molecule has 0 saturated carbocycles. The van der Waals surface area contributed by atoms with E-state index >= 15 is 0 Å². The van der Waals surface area contributed by atoms with Crippen molar-refractivity contribution in [2.75, 3.05) is 32.7 Å². The van der Waals surface area contributed by atoms with Crippen LogP contribution in [0.4, 0.5) is 4.39 Å². The van der Waals surface area contributed by atoms with Crippen molar-refractivity contribution in [3.63, 3.8) is 0 Å². The first-order chi connectivity index (χ1) is 9.56. The lowest BCUT2D eigenvalue weighted by Gasteiger charge is -2.34. The third-order valence-electron chi connectivity index (χ3n) is 3.37. The van der Waals surface area contributed by atoms with E-state index in [-0.39, 0.29) is 12.3 Å². The van der Waals surface area contributed by atoms with Crippen LogP contribution < -0.4 is 0 Å². The second-order valence-corrected chi connectivity index (χ2v) is 4.79. The molecule has 1 aromatic carbocycles. The lowest BCUT2D eigenvalue weighted by Crippen LogP contribution is -2.49. The van der Waals surface area contributed by atoms with Gasteiger partial charge in [-0.25, -0.2) is 4.39 Å². The highest BCUT2D eigenvalue weighted by Gasteiger charge is 2.22. The number of hydrogen-bond acceptors (Lipinski definition) is 3. The molecule has 5 nitrogen and oxygen atoms in total. The Morgan fingerprint density at radius 3 is 2.50 bits per heavy atom. The van der Waals surface area contributed by atoms with E-state index in [4.69, 9.17) is 5.11 Å². The second kappa shape index (κ2) is 6.47. The van der Waals surface area contributed by atoms with Crippen LogP contribution in [0.25, 0.3) is 0 Å². The van der Waals surface area contributed by atoms with Crippen LogP contribution in [0.3, 0.4) is 0 Å². The molecule has 1 heterocycles. The number of benzene rings is 1. The minimum Gasteiger partial charge on any atom is -0.481 e. The Morgan fingerprint density at radius 2 is 1.90 bits per heavy atom. The van der Waals surface area contributed by atoms with Crippen molar-refractivity contribution < 1.29 is 19.1 Å². The summed E-state index contributed by atoms with van der Waals surface area (Å²) in [6.07, 6.45) is 0.109. The van der Waals surface area contributed by atoms with Gasteiger partial charge in [0, 0.05) is 38.3 Å². The third kappa shape index (κ3) is 3.77. The van der Waals surface area contributed by atoms with Gasteiger partial charge in [-0.3, -0.25) is 14.5 Å². The molecule has 0 aromatic heterocycles. The average molecular weight is 280 g/mol. The average Bonchev–Trinajstić information content (AvgIpc) is 2.45. The SMILES string of the molecule is O=C(O)CCN1CCN(C(=O)c2cccc(F)c2)CC1. The van der Waals surface area contributed by atoms with Crippen molar-refractivity contribution in [2.45, 2.75) is 6.42 Å². The number of hydrogen-bond donors (Lipinski definition) is 1. The van der Waals surface area contributed by atoms with Gasteiger partial charge in [-0.15, -0.1) is 0 Å². The van der Waals surface area contributed by atoms with E-state index in [1.54, 1.807) is 11.0 Å². The predicted octanol–water partition coefficient (Wildman–Crippen LogP) is 1.06. The van der Waals surface area contributed by atoms with Crippen LogP contribution in [-0.4, -0.2) is 59.5 Å².